The highest BCUT2D eigenvalue weighted by Crippen LogP contribution is 2.15. The standard InChI is InChI=1S/C13H21N3O3/c1-4-10(6-13(17)18)8-14-11-7-12(19-5-2)16-9(3)15-11/h7,10H,4-6,8H2,1-3H3,(H,17,18)(H,14,15,16). The van der Waals surface area contributed by atoms with Crippen LogP contribution in [0.25, 0.3) is 0 Å². The Morgan fingerprint density at radius 3 is 2.79 bits per heavy atom. The summed E-state index contributed by atoms with van der Waals surface area (Å²) in [5.41, 5.74) is 0. The lowest BCUT2D eigenvalue weighted by Gasteiger charge is -2.14. The van der Waals surface area contributed by atoms with Crippen molar-refractivity contribution in [2.45, 2.75) is 33.6 Å². The second-order valence-electron chi connectivity index (χ2n) is 4.32. The fourth-order valence-corrected chi connectivity index (χ4v) is 1.71. The van der Waals surface area contributed by atoms with Gasteiger partial charge in [-0.05, 0) is 19.8 Å². The first-order valence-electron chi connectivity index (χ1n) is 6.49. The second-order valence-corrected chi connectivity index (χ2v) is 4.32. The largest absolute Gasteiger partial charge is 0.481 e. The molecular weight excluding hydrogens is 246 g/mol. The zero-order chi connectivity index (χ0) is 14.3. The van der Waals surface area contributed by atoms with Crippen LogP contribution in [-0.4, -0.2) is 34.2 Å². The Labute approximate surface area is 113 Å². The Balaban J connectivity index is 2.63. The van der Waals surface area contributed by atoms with Crippen LogP contribution in [0.15, 0.2) is 6.07 Å². The number of aromatic nitrogens is 2. The number of hydrogen-bond acceptors (Lipinski definition) is 5. The SMILES string of the molecule is CCOc1cc(NCC(CC)CC(=O)O)nc(C)n1. The van der Waals surface area contributed by atoms with E-state index >= 15 is 0 Å². The highest BCUT2D eigenvalue weighted by Gasteiger charge is 2.11. The summed E-state index contributed by atoms with van der Waals surface area (Å²) in [5, 5.41) is 11.9. The molecule has 2 N–H and O–H groups in total. The highest BCUT2D eigenvalue weighted by atomic mass is 16.5. The number of hydrogen-bond donors (Lipinski definition) is 2. The molecule has 19 heavy (non-hydrogen) atoms. The summed E-state index contributed by atoms with van der Waals surface area (Å²) in [6.07, 6.45) is 0.966. The Hall–Kier alpha value is -1.85. The Bertz CT molecular complexity index is 424. The highest BCUT2D eigenvalue weighted by molar-refractivity contribution is 5.67. The minimum absolute atomic E-state index is 0.0864. The Kier molecular flexibility index (Phi) is 6.05. The molecular formula is C13H21N3O3. The summed E-state index contributed by atoms with van der Waals surface area (Å²) in [6.45, 7) is 6.79. The van der Waals surface area contributed by atoms with Gasteiger partial charge in [-0.2, -0.15) is 4.98 Å². The predicted octanol–water partition coefficient (Wildman–Crippen LogP) is 2.10. The quantitative estimate of drug-likeness (QED) is 0.750. The predicted molar refractivity (Wildman–Crippen MR) is 72.5 cm³/mol. The van der Waals surface area contributed by atoms with Crippen molar-refractivity contribution in [2.75, 3.05) is 18.5 Å². The molecule has 0 amide bonds. The monoisotopic (exact) mass is 267 g/mol. The molecule has 6 nitrogen and oxygen atoms in total. The first-order valence-corrected chi connectivity index (χ1v) is 6.49. The summed E-state index contributed by atoms with van der Waals surface area (Å²) in [6, 6.07) is 1.73. The molecule has 0 saturated heterocycles. The number of nitrogens with one attached hydrogen (secondary N) is 1. The molecule has 0 bridgehead atoms. The molecule has 0 saturated carbocycles. The van der Waals surface area contributed by atoms with Gasteiger partial charge in [0, 0.05) is 19.0 Å². The third kappa shape index (κ3) is 5.54. The van der Waals surface area contributed by atoms with Gasteiger partial charge in [0.15, 0.2) is 0 Å². The van der Waals surface area contributed by atoms with E-state index in [0.29, 0.717) is 30.7 Å². The van der Waals surface area contributed by atoms with Crippen molar-refractivity contribution in [3.05, 3.63) is 11.9 Å². The molecule has 0 aliphatic carbocycles. The first kappa shape index (κ1) is 15.2. The molecule has 106 valence electrons. The van der Waals surface area contributed by atoms with Gasteiger partial charge in [0.25, 0.3) is 0 Å². The van der Waals surface area contributed by atoms with Gasteiger partial charge in [0.2, 0.25) is 5.88 Å². The van der Waals surface area contributed by atoms with Crippen molar-refractivity contribution < 1.29 is 14.6 Å². The number of carboxylic acids is 1. The van der Waals surface area contributed by atoms with E-state index in [1.165, 1.54) is 0 Å². The van der Waals surface area contributed by atoms with Gasteiger partial charge in [0.1, 0.15) is 11.6 Å². The number of carboxylic acid groups (broad SMARTS) is 1. The fourth-order valence-electron chi connectivity index (χ4n) is 1.71. The molecule has 1 aromatic rings. The normalized spacial score (nSPS) is 11.9. The number of aryl methyl sites for hydroxylation is 1. The van der Waals surface area contributed by atoms with Crippen LogP contribution in [0.5, 0.6) is 5.88 Å². The molecule has 0 aliphatic heterocycles. The lowest BCUT2D eigenvalue weighted by Crippen LogP contribution is -2.18. The van der Waals surface area contributed by atoms with E-state index in [1.54, 1.807) is 13.0 Å². The Morgan fingerprint density at radius 2 is 2.21 bits per heavy atom. The molecule has 0 spiro atoms. The molecule has 0 fully saturated rings. The van der Waals surface area contributed by atoms with Crippen molar-refractivity contribution in [1.82, 2.24) is 9.97 Å². The molecule has 0 aliphatic rings. The van der Waals surface area contributed by atoms with Gasteiger partial charge in [0.05, 0.1) is 6.61 Å². The third-order valence-corrected chi connectivity index (χ3v) is 2.72. The van der Waals surface area contributed by atoms with Crippen molar-refractivity contribution in [3.8, 4) is 5.88 Å². The summed E-state index contributed by atoms with van der Waals surface area (Å²) in [5.74, 6) is 1.13. The van der Waals surface area contributed by atoms with Crippen molar-refractivity contribution in [1.29, 1.82) is 0 Å². The molecule has 1 heterocycles. The molecule has 6 heteroatoms. The van der Waals surface area contributed by atoms with E-state index < -0.39 is 5.97 Å². The van der Waals surface area contributed by atoms with Crippen LogP contribution < -0.4 is 10.1 Å². The minimum atomic E-state index is -0.775. The molecule has 1 atom stereocenters. The maximum absolute atomic E-state index is 10.7. The third-order valence-electron chi connectivity index (χ3n) is 2.72. The van der Waals surface area contributed by atoms with Crippen LogP contribution in [0, 0.1) is 12.8 Å². The lowest BCUT2D eigenvalue weighted by molar-refractivity contribution is -0.138. The van der Waals surface area contributed by atoms with E-state index in [1.807, 2.05) is 13.8 Å². The topological polar surface area (TPSA) is 84.3 Å². The molecule has 0 radical (unpaired) electrons. The van der Waals surface area contributed by atoms with Crippen LogP contribution in [0.4, 0.5) is 5.82 Å². The van der Waals surface area contributed by atoms with Gasteiger partial charge < -0.3 is 15.2 Å². The molecule has 1 aromatic heterocycles. The summed E-state index contributed by atoms with van der Waals surface area (Å²) >= 11 is 0. The van der Waals surface area contributed by atoms with Crippen molar-refractivity contribution >= 4 is 11.8 Å². The van der Waals surface area contributed by atoms with Gasteiger partial charge >= 0.3 is 5.97 Å². The lowest BCUT2D eigenvalue weighted by atomic mass is 10.0. The maximum atomic E-state index is 10.7. The van der Waals surface area contributed by atoms with E-state index in [0.717, 1.165) is 6.42 Å². The smallest absolute Gasteiger partial charge is 0.303 e. The van der Waals surface area contributed by atoms with Crippen molar-refractivity contribution in [3.63, 3.8) is 0 Å². The van der Waals surface area contributed by atoms with Crippen LogP contribution in [0.2, 0.25) is 0 Å². The van der Waals surface area contributed by atoms with Crippen LogP contribution in [-0.2, 0) is 4.79 Å². The average molecular weight is 267 g/mol. The molecule has 1 unspecified atom stereocenters. The Morgan fingerprint density at radius 1 is 1.47 bits per heavy atom. The summed E-state index contributed by atoms with van der Waals surface area (Å²) < 4.78 is 5.34. The van der Waals surface area contributed by atoms with Crippen molar-refractivity contribution in [2.24, 2.45) is 5.92 Å². The van der Waals surface area contributed by atoms with E-state index in [-0.39, 0.29) is 12.3 Å². The fraction of sp³-hybridized carbons (Fsp3) is 0.615. The second kappa shape index (κ2) is 7.56. The molecule has 1 rings (SSSR count). The number of rotatable bonds is 8. The van der Waals surface area contributed by atoms with E-state index in [9.17, 15) is 4.79 Å². The zero-order valence-corrected chi connectivity index (χ0v) is 11.6. The zero-order valence-electron chi connectivity index (χ0n) is 11.6. The first-order chi connectivity index (χ1) is 9.05. The van der Waals surface area contributed by atoms with Gasteiger partial charge in [-0.3, -0.25) is 4.79 Å². The van der Waals surface area contributed by atoms with Gasteiger partial charge in [-0.25, -0.2) is 4.98 Å². The van der Waals surface area contributed by atoms with Crippen LogP contribution in [0.1, 0.15) is 32.5 Å². The summed E-state index contributed by atoms with van der Waals surface area (Å²) in [4.78, 5) is 19.1. The minimum Gasteiger partial charge on any atom is -0.481 e. The number of anilines is 1. The van der Waals surface area contributed by atoms with E-state index in [4.69, 9.17) is 9.84 Å². The number of aliphatic carboxylic acids is 1. The van der Waals surface area contributed by atoms with Gasteiger partial charge in [-0.1, -0.05) is 13.3 Å². The van der Waals surface area contributed by atoms with Crippen LogP contribution in [0.3, 0.4) is 0 Å². The number of ether oxygens (including phenoxy) is 1. The average Bonchev–Trinajstić information content (AvgIpc) is 2.33. The van der Waals surface area contributed by atoms with Crippen LogP contribution >= 0.6 is 0 Å². The molecule has 0 aromatic carbocycles. The summed E-state index contributed by atoms with van der Waals surface area (Å²) in [7, 11) is 0. The number of carbonyl (C=O) groups is 1. The maximum Gasteiger partial charge on any atom is 0.303 e. The van der Waals surface area contributed by atoms with E-state index in [2.05, 4.69) is 15.3 Å². The van der Waals surface area contributed by atoms with Gasteiger partial charge in [-0.15, -0.1) is 0 Å². The number of nitrogens with zero attached hydrogens (tertiary/aromatic N) is 2.